The van der Waals surface area contributed by atoms with Gasteiger partial charge in [-0.2, -0.15) is 11.8 Å². The van der Waals surface area contributed by atoms with Crippen molar-refractivity contribution in [2.45, 2.75) is 31.8 Å². The van der Waals surface area contributed by atoms with Gasteiger partial charge in [-0.1, -0.05) is 0 Å². The van der Waals surface area contributed by atoms with Crippen molar-refractivity contribution in [1.82, 2.24) is 5.32 Å². The van der Waals surface area contributed by atoms with Crippen molar-refractivity contribution >= 4 is 23.6 Å². The number of carbonyl (C=O) groups is 2. The molecule has 88 valence electrons. The van der Waals surface area contributed by atoms with E-state index in [2.05, 4.69) is 5.32 Å². The number of hydrogen-bond acceptors (Lipinski definition) is 4. The molecule has 0 aromatic rings. The number of amides is 1. The van der Waals surface area contributed by atoms with Crippen LogP contribution in [0.5, 0.6) is 0 Å². The molecule has 5 nitrogen and oxygen atoms in total. The first kappa shape index (κ1) is 14.2. The molecule has 0 saturated heterocycles. The van der Waals surface area contributed by atoms with Crippen molar-refractivity contribution < 1.29 is 14.7 Å². The largest absolute Gasteiger partial charge is 0.480 e. The molecule has 0 aliphatic heterocycles. The quantitative estimate of drug-likeness (QED) is 0.603. The van der Waals surface area contributed by atoms with E-state index in [0.29, 0.717) is 12.2 Å². The zero-order valence-corrected chi connectivity index (χ0v) is 10.1. The van der Waals surface area contributed by atoms with Crippen molar-refractivity contribution in [2.75, 3.05) is 12.0 Å². The number of carboxylic acids is 1. The molecule has 6 heteroatoms. The van der Waals surface area contributed by atoms with Gasteiger partial charge in [-0.25, -0.2) is 4.79 Å². The van der Waals surface area contributed by atoms with Crippen molar-refractivity contribution in [3.8, 4) is 0 Å². The highest BCUT2D eigenvalue weighted by Gasteiger charge is 2.27. The molecule has 0 aromatic heterocycles. The van der Waals surface area contributed by atoms with Crippen LogP contribution in [0.4, 0.5) is 0 Å². The standard InChI is InChI=1S/C9H18N2O3S/c1-9(2,10)8(14)11-6(7(12)13)4-5-15-3/h6H,4-5,10H2,1-3H3,(H,11,14)(H,12,13)/t6-/m0/s1. The van der Waals surface area contributed by atoms with Crippen molar-refractivity contribution in [2.24, 2.45) is 5.73 Å². The molecule has 1 atom stereocenters. The van der Waals surface area contributed by atoms with Crippen molar-refractivity contribution in [1.29, 1.82) is 0 Å². The molecule has 0 rings (SSSR count). The minimum atomic E-state index is -1.05. The molecule has 0 heterocycles. The van der Waals surface area contributed by atoms with E-state index in [1.165, 1.54) is 25.6 Å². The first-order valence-electron chi connectivity index (χ1n) is 4.60. The van der Waals surface area contributed by atoms with Gasteiger partial charge in [0.15, 0.2) is 0 Å². The van der Waals surface area contributed by atoms with Gasteiger partial charge in [0, 0.05) is 0 Å². The van der Waals surface area contributed by atoms with Crippen LogP contribution in [0.3, 0.4) is 0 Å². The lowest BCUT2D eigenvalue weighted by Crippen LogP contribution is -2.54. The van der Waals surface area contributed by atoms with Crippen molar-refractivity contribution in [3.05, 3.63) is 0 Å². The molecule has 0 spiro atoms. The summed E-state index contributed by atoms with van der Waals surface area (Å²) in [5, 5.41) is 11.3. The average molecular weight is 234 g/mol. The van der Waals surface area contributed by atoms with Crippen LogP contribution < -0.4 is 11.1 Å². The monoisotopic (exact) mass is 234 g/mol. The molecule has 0 aliphatic rings. The zero-order valence-electron chi connectivity index (χ0n) is 9.24. The van der Waals surface area contributed by atoms with Gasteiger partial charge in [-0.05, 0) is 32.3 Å². The number of nitrogens with two attached hydrogens (primary N) is 1. The molecular formula is C9H18N2O3S. The summed E-state index contributed by atoms with van der Waals surface area (Å²) in [4.78, 5) is 22.2. The van der Waals surface area contributed by atoms with Crippen LogP contribution >= 0.6 is 11.8 Å². The Bertz CT molecular complexity index is 238. The highest BCUT2D eigenvalue weighted by molar-refractivity contribution is 7.98. The third-order valence-corrected chi connectivity index (χ3v) is 2.44. The van der Waals surface area contributed by atoms with Crippen LogP contribution in [0.15, 0.2) is 0 Å². The third kappa shape index (κ3) is 5.64. The summed E-state index contributed by atoms with van der Waals surface area (Å²) < 4.78 is 0. The molecule has 0 saturated carbocycles. The minimum absolute atomic E-state index is 0.401. The third-order valence-electron chi connectivity index (χ3n) is 1.80. The summed E-state index contributed by atoms with van der Waals surface area (Å²) in [6.07, 6.45) is 2.28. The second kappa shape index (κ2) is 5.97. The molecule has 4 N–H and O–H groups in total. The molecule has 0 aromatic carbocycles. The number of carbonyl (C=O) groups excluding carboxylic acids is 1. The van der Waals surface area contributed by atoms with Crippen LogP contribution in [0.25, 0.3) is 0 Å². The minimum Gasteiger partial charge on any atom is -0.480 e. The van der Waals surface area contributed by atoms with Gasteiger partial charge < -0.3 is 16.2 Å². The van der Waals surface area contributed by atoms with Crippen molar-refractivity contribution in [3.63, 3.8) is 0 Å². The summed E-state index contributed by atoms with van der Waals surface area (Å²) in [6.45, 7) is 3.08. The van der Waals surface area contributed by atoms with Crippen LogP contribution in [0.1, 0.15) is 20.3 Å². The normalized spacial score (nSPS) is 13.3. The van der Waals surface area contributed by atoms with E-state index in [1.807, 2.05) is 6.26 Å². The Balaban J connectivity index is 4.29. The molecule has 15 heavy (non-hydrogen) atoms. The van der Waals surface area contributed by atoms with Gasteiger partial charge in [0.2, 0.25) is 5.91 Å². The fourth-order valence-corrected chi connectivity index (χ4v) is 1.31. The van der Waals surface area contributed by atoms with Crippen LogP contribution in [-0.2, 0) is 9.59 Å². The van der Waals surface area contributed by atoms with Crippen LogP contribution in [0, 0.1) is 0 Å². The molecule has 0 radical (unpaired) electrons. The predicted molar refractivity (Wildman–Crippen MR) is 60.8 cm³/mol. The highest BCUT2D eigenvalue weighted by atomic mass is 32.2. The maximum atomic E-state index is 11.4. The Kier molecular flexibility index (Phi) is 5.67. The number of rotatable bonds is 6. The fourth-order valence-electron chi connectivity index (χ4n) is 0.837. The summed E-state index contributed by atoms with van der Waals surface area (Å²) in [5.41, 5.74) is 4.50. The maximum absolute atomic E-state index is 11.4. The van der Waals surface area contributed by atoms with Gasteiger partial charge in [0.1, 0.15) is 6.04 Å². The predicted octanol–water partition coefficient (Wildman–Crippen LogP) is 0.0462. The lowest BCUT2D eigenvalue weighted by Gasteiger charge is -2.21. The zero-order chi connectivity index (χ0) is 12.1. The van der Waals surface area contributed by atoms with E-state index >= 15 is 0 Å². The van der Waals surface area contributed by atoms with E-state index in [4.69, 9.17) is 10.8 Å². The molecule has 0 bridgehead atoms. The number of nitrogens with one attached hydrogen (secondary N) is 1. The Morgan fingerprint density at radius 1 is 1.53 bits per heavy atom. The second-order valence-corrected chi connectivity index (χ2v) is 4.85. The molecule has 0 unspecified atom stereocenters. The fraction of sp³-hybridized carbons (Fsp3) is 0.778. The Hall–Kier alpha value is -0.750. The van der Waals surface area contributed by atoms with E-state index in [9.17, 15) is 9.59 Å². The Morgan fingerprint density at radius 2 is 2.07 bits per heavy atom. The van der Waals surface area contributed by atoms with Crippen LogP contribution in [-0.4, -0.2) is 40.6 Å². The highest BCUT2D eigenvalue weighted by Crippen LogP contribution is 2.03. The topological polar surface area (TPSA) is 92.4 Å². The van der Waals surface area contributed by atoms with Crippen LogP contribution in [0.2, 0.25) is 0 Å². The SMILES string of the molecule is CSCC[C@H](NC(=O)C(C)(C)N)C(=O)O. The summed E-state index contributed by atoms with van der Waals surface area (Å²) in [7, 11) is 0. The Morgan fingerprint density at radius 3 is 2.40 bits per heavy atom. The van der Waals surface area contributed by atoms with Gasteiger partial charge >= 0.3 is 5.97 Å². The summed E-state index contributed by atoms with van der Waals surface area (Å²) in [6, 6.07) is -0.854. The van der Waals surface area contributed by atoms with E-state index in [-0.39, 0.29) is 0 Å². The average Bonchev–Trinajstić information content (AvgIpc) is 2.09. The molecular weight excluding hydrogens is 216 g/mol. The number of aliphatic carboxylic acids is 1. The Labute approximate surface area is 93.8 Å². The number of thioether (sulfide) groups is 1. The summed E-state index contributed by atoms with van der Waals surface area (Å²) in [5.74, 6) is -0.792. The molecule has 0 aliphatic carbocycles. The van der Waals surface area contributed by atoms with Gasteiger partial charge in [0.05, 0.1) is 5.54 Å². The van der Waals surface area contributed by atoms with E-state index in [1.54, 1.807) is 0 Å². The first-order valence-corrected chi connectivity index (χ1v) is 6.00. The lowest BCUT2D eigenvalue weighted by atomic mass is 10.1. The van der Waals surface area contributed by atoms with E-state index < -0.39 is 23.5 Å². The molecule has 0 fully saturated rings. The smallest absolute Gasteiger partial charge is 0.326 e. The van der Waals surface area contributed by atoms with Gasteiger partial charge in [-0.15, -0.1) is 0 Å². The maximum Gasteiger partial charge on any atom is 0.326 e. The number of hydrogen-bond donors (Lipinski definition) is 3. The van der Waals surface area contributed by atoms with E-state index in [0.717, 1.165) is 0 Å². The van der Waals surface area contributed by atoms with Gasteiger partial charge in [0.25, 0.3) is 0 Å². The summed E-state index contributed by atoms with van der Waals surface area (Å²) >= 11 is 1.54. The second-order valence-electron chi connectivity index (χ2n) is 3.87. The molecule has 1 amide bonds. The first-order chi connectivity index (χ1) is 6.79. The lowest BCUT2D eigenvalue weighted by molar-refractivity contribution is -0.142. The van der Waals surface area contributed by atoms with Gasteiger partial charge in [-0.3, -0.25) is 4.79 Å². The number of carboxylic acid groups (broad SMARTS) is 1.